The second-order valence-corrected chi connectivity index (χ2v) is 5.86. The first-order valence-electron chi connectivity index (χ1n) is 5.27. The van der Waals surface area contributed by atoms with Crippen molar-refractivity contribution < 1.29 is 14.6 Å². The van der Waals surface area contributed by atoms with Gasteiger partial charge in [-0.2, -0.15) is 0 Å². The fraction of sp³-hybridized carbons (Fsp3) is 0.583. The predicted molar refractivity (Wildman–Crippen MR) is 65.0 cm³/mol. The first-order chi connectivity index (χ1) is 7.40. The summed E-state index contributed by atoms with van der Waals surface area (Å²) in [5, 5.41) is 10.7. The van der Waals surface area contributed by atoms with Crippen LogP contribution in [0.4, 0.5) is 0 Å². The van der Waals surface area contributed by atoms with E-state index in [0.717, 1.165) is 12.0 Å². The molecule has 1 aromatic heterocycles. The molecule has 0 aromatic carbocycles. The number of rotatable bonds is 5. The maximum Gasteiger partial charge on any atom is 0.346 e. The van der Waals surface area contributed by atoms with Gasteiger partial charge in [-0.25, -0.2) is 4.79 Å². The van der Waals surface area contributed by atoms with Crippen LogP contribution in [0.2, 0.25) is 0 Å². The Morgan fingerprint density at radius 1 is 1.50 bits per heavy atom. The standard InChI is InChI=1S/C12H18O3S/c1-12(2,3)5-6-15-8-9-4-7-16-10(9)11(13)14/h4,7H,5-6,8H2,1-3H3,(H,13,14). The van der Waals surface area contributed by atoms with Gasteiger partial charge in [0, 0.05) is 12.2 Å². The van der Waals surface area contributed by atoms with E-state index >= 15 is 0 Å². The summed E-state index contributed by atoms with van der Waals surface area (Å²) < 4.78 is 5.49. The van der Waals surface area contributed by atoms with Crippen LogP contribution >= 0.6 is 11.3 Å². The SMILES string of the molecule is CC(C)(C)CCOCc1ccsc1C(=O)O. The number of ether oxygens (including phenoxy) is 1. The summed E-state index contributed by atoms with van der Waals surface area (Å²) in [6, 6.07) is 1.81. The molecule has 0 atom stereocenters. The highest BCUT2D eigenvalue weighted by Crippen LogP contribution is 2.20. The fourth-order valence-electron chi connectivity index (χ4n) is 1.20. The second-order valence-electron chi connectivity index (χ2n) is 4.94. The molecule has 0 aliphatic heterocycles. The Morgan fingerprint density at radius 3 is 2.75 bits per heavy atom. The van der Waals surface area contributed by atoms with Crippen LogP contribution in [0.1, 0.15) is 42.4 Å². The molecule has 1 rings (SSSR count). The van der Waals surface area contributed by atoms with E-state index in [0.29, 0.717) is 18.1 Å². The lowest BCUT2D eigenvalue weighted by atomic mass is 9.93. The minimum atomic E-state index is -0.871. The zero-order valence-electron chi connectivity index (χ0n) is 9.95. The summed E-state index contributed by atoms with van der Waals surface area (Å²) in [6.45, 7) is 7.52. The molecule has 1 aromatic rings. The Hall–Kier alpha value is -0.870. The van der Waals surface area contributed by atoms with E-state index < -0.39 is 5.97 Å². The lowest BCUT2D eigenvalue weighted by molar-refractivity contribution is 0.0687. The van der Waals surface area contributed by atoms with E-state index in [1.54, 1.807) is 5.38 Å². The molecule has 0 saturated carbocycles. The van der Waals surface area contributed by atoms with Gasteiger partial charge in [0.25, 0.3) is 0 Å². The van der Waals surface area contributed by atoms with E-state index in [9.17, 15) is 4.79 Å². The number of thiophene rings is 1. The molecule has 0 aliphatic carbocycles. The molecule has 0 saturated heterocycles. The highest BCUT2D eigenvalue weighted by atomic mass is 32.1. The van der Waals surface area contributed by atoms with Gasteiger partial charge < -0.3 is 9.84 Å². The van der Waals surface area contributed by atoms with Gasteiger partial charge >= 0.3 is 5.97 Å². The smallest absolute Gasteiger partial charge is 0.346 e. The summed E-state index contributed by atoms with van der Waals surface area (Å²) in [5.74, 6) is -0.871. The molecule has 1 heterocycles. The van der Waals surface area contributed by atoms with Crippen LogP contribution in [0.3, 0.4) is 0 Å². The van der Waals surface area contributed by atoms with Crippen LogP contribution in [0.5, 0.6) is 0 Å². The highest BCUT2D eigenvalue weighted by molar-refractivity contribution is 7.12. The summed E-state index contributed by atoms with van der Waals surface area (Å²) >= 11 is 1.24. The van der Waals surface area contributed by atoms with E-state index in [4.69, 9.17) is 9.84 Å². The summed E-state index contributed by atoms with van der Waals surface area (Å²) in [7, 11) is 0. The number of carbonyl (C=O) groups is 1. The average molecular weight is 242 g/mol. The van der Waals surface area contributed by atoms with Crippen LogP contribution in [-0.2, 0) is 11.3 Å². The van der Waals surface area contributed by atoms with Crippen LogP contribution in [0, 0.1) is 5.41 Å². The molecule has 16 heavy (non-hydrogen) atoms. The van der Waals surface area contributed by atoms with Crippen molar-refractivity contribution in [2.45, 2.75) is 33.8 Å². The number of hydrogen-bond donors (Lipinski definition) is 1. The maximum atomic E-state index is 10.8. The summed E-state index contributed by atoms with van der Waals surface area (Å²) in [4.78, 5) is 11.2. The quantitative estimate of drug-likeness (QED) is 0.805. The molecule has 0 unspecified atom stereocenters. The fourth-order valence-corrected chi connectivity index (χ4v) is 1.95. The van der Waals surface area contributed by atoms with Crippen molar-refractivity contribution in [3.8, 4) is 0 Å². The summed E-state index contributed by atoms with van der Waals surface area (Å²) in [5.41, 5.74) is 1.02. The minimum absolute atomic E-state index is 0.254. The molecule has 0 fully saturated rings. The molecule has 4 heteroatoms. The second kappa shape index (κ2) is 5.46. The Bertz CT molecular complexity index is 349. The van der Waals surface area contributed by atoms with E-state index in [2.05, 4.69) is 20.8 Å². The van der Waals surface area contributed by atoms with Crippen LogP contribution in [0.25, 0.3) is 0 Å². The minimum Gasteiger partial charge on any atom is -0.477 e. The molecular formula is C12H18O3S. The van der Waals surface area contributed by atoms with Crippen molar-refractivity contribution in [2.24, 2.45) is 5.41 Å². The molecule has 0 bridgehead atoms. The van der Waals surface area contributed by atoms with Crippen LogP contribution < -0.4 is 0 Å². The van der Waals surface area contributed by atoms with Gasteiger partial charge in [0.1, 0.15) is 4.88 Å². The Kier molecular flexibility index (Phi) is 4.50. The van der Waals surface area contributed by atoms with Gasteiger partial charge in [0.15, 0.2) is 0 Å². The zero-order chi connectivity index (χ0) is 12.2. The van der Waals surface area contributed by atoms with Crippen molar-refractivity contribution in [3.63, 3.8) is 0 Å². The molecule has 0 spiro atoms. The molecule has 3 nitrogen and oxygen atoms in total. The Labute approximate surface area is 100 Å². The monoisotopic (exact) mass is 242 g/mol. The van der Waals surface area contributed by atoms with Gasteiger partial charge in [0.05, 0.1) is 6.61 Å². The summed E-state index contributed by atoms with van der Waals surface area (Å²) in [6.07, 6.45) is 0.972. The molecule has 0 aliphatic rings. The highest BCUT2D eigenvalue weighted by Gasteiger charge is 2.13. The first-order valence-corrected chi connectivity index (χ1v) is 6.15. The Balaban J connectivity index is 2.38. The van der Waals surface area contributed by atoms with Crippen molar-refractivity contribution in [1.82, 2.24) is 0 Å². The largest absolute Gasteiger partial charge is 0.477 e. The van der Waals surface area contributed by atoms with E-state index in [-0.39, 0.29) is 5.41 Å². The lowest BCUT2D eigenvalue weighted by Crippen LogP contribution is -2.10. The van der Waals surface area contributed by atoms with Gasteiger partial charge in [0.2, 0.25) is 0 Å². The number of carboxylic acid groups (broad SMARTS) is 1. The zero-order valence-corrected chi connectivity index (χ0v) is 10.8. The van der Waals surface area contributed by atoms with Gasteiger partial charge in [-0.3, -0.25) is 0 Å². The molecule has 0 amide bonds. The first kappa shape index (κ1) is 13.2. The third-order valence-corrected chi connectivity index (χ3v) is 3.14. The van der Waals surface area contributed by atoms with Crippen LogP contribution in [-0.4, -0.2) is 17.7 Å². The van der Waals surface area contributed by atoms with Gasteiger partial charge in [-0.05, 0) is 23.3 Å². The number of carboxylic acids is 1. The topological polar surface area (TPSA) is 46.5 Å². The Morgan fingerprint density at radius 2 is 2.19 bits per heavy atom. The van der Waals surface area contributed by atoms with Gasteiger partial charge in [-0.1, -0.05) is 20.8 Å². The number of hydrogen-bond acceptors (Lipinski definition) is 3. The third kappa shape index (κ3) is 4.33. The lowest BCUT2D eigenvalue weighted by Gasteiger charge is -2.17. The maximum absolute atomic E-state index is 10.8. The van der Waals surface area contributed by atoms with Crippen molar-refractivity contribution in [3.05, 3.63) is 21.9 Å². The van der Waals surface area contributed by atoms with E-state index in [1.807, 2.05) is 6.07 Å². The molecule has 90 valence electrons. The van der Waals surface area contributed by atoms with Crippen molar-refractivity contribution in [2.75, 3.05) is 6.61 Å². The van der Waals surface area contributed by atoms with Crippen molar-refractivity contribution in [1.29, 1.82) is 0 Å². The van der Waals surface area contributed by atoms with E-state index in [1.165, 1.54) is 11.3 Å². The van der Waals surface area contributed by atoms with Crippen molar-refractivity contribution >= 4 is 17.3 Å². The third-order valence-electron chi connectivity index (χ3n) is 2.19. The van der Waals surface area contributed by atoms with Crippen LogP contribution in [0.15, 0.2) is 11.4 Å². The molecule has 1 N–H and O–H groups in total. The average Bonchev–Trinajstić information content (AvgIpc) is 2.58. The predicted octanol–water partition coefficient (Wildman–Crippen LogP) is 3.40. The number of aromatic carboxylic acids is 1. The van der Waals surface area contributed by atoms with Gasteiger partial charge in [-0.15, -0.1) is 11.3 Å². The molecule has 0 radical (unpaired) electrons. The normalized spacial score (nSPS) is 11.7. The molecular weight excluding hydrogens is 224 g/mol.